The molecule has 0 radical (unpaired) electrons. The summed E-state index contributed by atoms with van der Waals surface area (Å²) in [6, 6.07) is 0. The summed E-state index contributed by atoms with van der Waals surface area (Å²) in [5, 5.41) is 0. The highest BCUT2D eigenvalue weighted by atomic mass is 79.9. The second-order valence-corrected chi connectivity index (χ2v) is 4.47. The van der Waals surface area contributed by atoms with Crippen molar-refractivity contribution in [3.63, 3.8) is 0 Å². The molecule has 1 aromatic heterocycles. The van der Waals surface area contributed by atoms with E-state index in [1.807, 2.05) is 6.20 Å². The number of likely N-dealkylation sites (N-methyl/N-ethyl adjacent to an activating group) is 1. The molecule has 1 unspecified atom stereocenters. The molecule has 2 heterocycles. The minimum Gasteiger partial charge on any atom is -0.325 e. The lowest BCUT2D eigenvalue weighted by Gasteiger charge is -2.10. The van der Waals surface area contributed by atoms with Crippen molar-refractivity contribution in [3.8, 4) is 0 Å². The van der Waals surface area contributed by atoms with Crippen molar-refractivity contribution < 1.29 is 0 Å². The van der Waals surface area contributed by atoms with Crippen LogP contribution in [0.3, 0.4) is 0 Å². The fraction of sp³-hybridized carbons (Fsp3) is 0.667. The molecular weight excluding hydrogens is 230 g/mol. The van der Waals surface area contributed by atoms with Gasteiger partial charge in [-0.1, -0.05) is 0 Å². The number of aromatic nitrogens is 2. The minimum atomic E-state index is 0.661. The maximum absolute atomic E-state index is 4.25. The predicted octanol–water partition coefficient (Wildman–Crippen LogP) is 1.60. The standard InChI is InChI=1S/C9H14BrN3/c1-12-4-3-7(6-12)8-5-11-9(10)13(8)2/h5,7H,3-4,6H2,1-2H3. The molecule has 0 N–H and O–H groups in total. The van der Waals surface area contributed by atoms with E-state index in [1.54, 1.807) is 0 Å². The van der Waals surface area contributed by atoms with Gasteiger partial charge in [0.2, 0.25) is 0 Å². The Morgan fingerprint density at radius 2 is 2.31 bits per heavy atom. The fourth-order valence-corrected chi connectivity index (χ4v) is 2.26. The Kier molecular flexibility index (Phi) is 2.43. The maximum Gasteiger partial charge on any atom is 0.177 e. The van der Waals surface area contributed by atoms with Crippen molar-refractivity contribution in [2.75, 3.05) is 20.1 Å². The predicted molar refractivity (Wildman–Crippen MR) is 55.8 cm³/mol. The molecule has 1 atom stereocenters. The van der Waals surface area contributed by atoms with Crippen molar-refractivity contribution in [2.45, 2.75) is 12.3 Å². The van der Waals surface area contributed by atoms with E-state index in [2.05, 4.69) is 44.5 Å². The molecule has 1 aliphatic heterocycles. The number of hydrogen-bond acceptors (Lipinski definition) is 2. The zero-order chi connectivity index (χ0) is 9.42. The third-order valence-electron chi connectivity index (χ3n) is 2.78. The molecule has 72 valence electrons. The molecule has 3 nitrogen and oxygen atoms in total. The van der Waals surface area contributed by atoms with E-state index in [0.29, 0.717) is 5.92 Å². The summed E-state index contributed by atoms with van der Waals surface area (Å²) in [6.45, 7) is 2.36. The van der Waals surface area contributed by atoms with Gasteiger partial charge in [-0.25, -0.2) is 4.98 Å². The van der Waals surface area contributed by atoms with Gasteiger partial charge in [0.25, 0.3) is 0 Å². The van der Waals surface area contributed by atoms with E-state index >= 15 is 0 Å². The summed E-state index contributed by atoms with van der Waals surface area (Å²) < 4.78 is 3.06. The lowest BCUT2D eigenvalue weighted by Crippen LogP contribution is -2.14. The molecule has 1 aromatic rings. The largest absolute Gasteiger partial charge is 0.325 e. The van der Waals surface area contributed by atoms with Crippen LogP contribution in [-0.2, 0) is 7.05 Å². The minimum absolute atomic E-state index is 0.661. The first-order chi connectivity index (χ1) is 6.18. The number of halogens is 1. The van der Waals surface area contributed by atoms with E-state index in [1.165, 1.54) is 18.7 Å². The second-order valence-electron chi connectivity index (χ2n) is 3.76. The molecule has 0 spiro atoms. The van der Waals surface area contributed by atoms with E-state index in [0.717, 1.165) is 11.3 Å². The van der Waals surface area contributed by atoms with Crippen molar-refractivity contribution in [1.82, 2.24) is 14.5 Å². The number of likely N-dealkylation sites (tertiary alicyclic amines) is 1. The summed E-state index contributed by atoms with van der Waals surface area (Å²) in [7, 11) is 4.23. The Morgan fingerprint density at radius 3 is 2.77 bits per heavy atom. The summed E-state index contributed by atoms with van der Waals surface area (Å²) in [4.78, 5) is 6.61. The van der Waals surface area contributed by atoms with E-state index in [4.69, 9.17) is 0 Å². The van der Waals surface area contributed by atoms with Gasteiger partial charge in [0, 0.05) is 31.4 Å². The molecule has 1 aliphatic rings. The molecule has 1 saturated heterocycles. The molecule has 13 heavy (non-hydrogen) atoms. The topological polar surface area (TPSA) is 21.1 Å². The summed E-state index contributed by atoms with van der Waals surface area (Å²) in [5.74, 6) is 0.661. The number of rotatable bonds is 1. The van der Waals surface area contributed by atoms with Crippen molar-refractivity contribution in [2.24, 2.45) is 7.05 Å². The zero-order valence-corrected chi connectivity index (χ0v) is 9.58. The normalized spacial score (nSPS) is 24.1. The van der Waals surface area contributed by atoms with Crippen LogP contribution in [0.2, 0.25) is 0 Å². The van der Waals surface area contributed by atoms with Crippen LogP contribution in [0.25, 0.3) is 0 Å². The van der Waals surface area contributed by atoms with Crippen LogP contribution in [0.5, 0.6) is 0 Å². The van der Waals surface area contributed by atoms with Gasteiger partial charge in [0.05, 0.1) is 0 Å². The molecule has 0 bridgehead atoms. The van der Waals surface area contributed by atoms with Crippen molar-refractivity contribution in [3.05, 3.63) is 16.6 Å². The Morgan fingerprint density at radius 1 is 1.54 bits per heavy atom. The van der Waals surface area contributed by atoms with Gasteiger partial charge in [-0.2, -0.15) is 0 Å². The lowest BCUT2D eigenvalue weighted by atomic mass is 10.1. The Bertz CT molecular complexity index is 308. The van der Waals surface area contributed by atoms with Gasteiger partial charge in [0.15, 0.2) is 4.73 Å². The molecule has 0 aliphatic carbocycles. The molecular formula is C9H14BrN3. The van der Waals surface area contributed by atoms with Crippen LogP contribution in [0.4, 0.5) is 0 Å². The van der Waals surface area contributed by atoms with Gasteiger partial charge in [-0.15, -0.1) is 0 Å². The SMILES string of the molecule is CN1CCC(c2cnc(Br)n2C)C1. The van der Waals surface area contributed by atoms with Crippen LogP contribution < -0.4 is 0 Å². The van der Waals surface area contributed by atoms with Crippen LogP contribution in [0, 0.1) is 0 Å². The molecule has 1 fully saturated rings. The van der Waals surface area contributed by atoms with E-state index < -0.39 is 0 Å². The monoisotopic (exact) mass is 243 g/mol. The van der Waals surface area contributed by atoms with Crippen LogP contribution in [0.15, 0.2) is 10.9 Å². The van der Waals surface area contributed by atoms with Crippen LogP contribution >= 0.6 is 15.9 Å². The molecule has 0 amide bonds. The number of hydrogen-bond donors (Lipinski definition) is 0. The fourth-order valence-electron chi connectivity index (χ4n) is 1.95. The third-order valence-corrected chi connectivity index (χ3v) is 3.51. The van der Waals surface area contributed by atoms with Crippen LogP contribution in [-0.4, -0.2) is 34.6 Å². The number of imidazole rings is 1. The highest BCUT2D eigenvalue weighted by Crippen LogP contribution is 2.27. The molecule has 0 aromatic carbocycles. The first-order valence-electron chi connectivity index (χ1n) is 4.54. The zero-order valence-electron chi connectivity index (χ0n) is 8.00. The van der Waals surface area contributed by atoms with Gasteiger partial charge < -0.3 is 9.47 Å². The van der Waals surface area contributed by atoms with Crippen molar-refractivity contribution >= 4 is 15.9 Å². The second kappa shape index (κ2) is 3.42. The van der Waals surface area contributed by atoms with Gasteiger partial charge >= 0.3 is 0 Å². The maximum atomic E-state index is 4.25. The first-order valence-corrected chi connectivity index (χ1v) is 5.33. The van der Waals surface area contributed by atoms with Crippen molar-refractivity contribution in [1.29, 1.82) is 0 Å². The quantitative estimate of drug-likeness (QED) is 0.748. The Labute approximate surface area is 86.9 Å². The molecule has 0 saturated carbocycles. The van der Waals surface area contributed by atoms with Gasteiger partial charge in [-0.05, 0) is 35.9 Å². The summed E-state index contributed by atoms with van der Waals surface area (Å²) in [6.07, 6.45) is 3.23. The highest BCUT2D eigenvalue weighted by Gasteiger charge is 2.23. The Balaban J connectivity index is 2.21. The Hall–Kier alpha value is -0.350. The van der Waals surface area contributed by atoms with E-state index in [9.17, 15) is 0 Å². The third kappa shape index (κ3) is 1.65. The molecule has 4 heteroatoms. The molecule has 2 rings (SSSR count). The average molecular weight is 244 g/mol. The lowest BCUT2D eigenvalue weighted by molar-refractivity contribution is 0.409. The van der Waals surface area contributed by atoms with Gasteiger partial charge in [-0.3, -0.25) is 0 Å². The van der Waals surface area contributed by atoms with Crippen LogP contribution in [0.1, 0.15) is 18.0 Å². The number of nitrogens with zero attached hydrogens (tertiary/aromatic N) is 3. The summed E-state index contributed by atoms with van der Waals surface area (Å²) >= 11 is 3.42. The highest BCUT2D eigenvalue weighted by molar-refractivity contribution is 9.10. The smallest absolute Gasteiger partial charge is 0.177 e. The van der Waals surface area contributed by atoms with E-state index in [-0.39, 0.29) is 0 Å². The first kappa shape index (κ1) is 9.21. The average Bonchev–Trinajstić information content (AvgIpc) is 2.62. The van der Waals surface area contributed by atoms with Gasteiger partial charge in [0.1, 0.15) is 0 Å². The summed E-state index contributed by atoms with van der Waals surface area (Å²) in [5.41, 5.74) is 1.34.